The molecule has 17 heavy (non-hydrogen) atoms. The maximum atomic E-state index is 11.8. The zero-order valence-electron chi connectivity index (χ0n) is 10.3. The summed E-state index contributed by atoms with van der Waals surface area (Å²) in [6, 6.07) is 7.12. The van der Waals surface area contributed by atoms with E-state index in [1.165, 1.54) is 6.42 Å². The third-order valence-corrected chi connectivity index (χ3v) is 3.09. The molecule has 0 aromatic heterocycles. The number of rotatable bonds is 5. The van der Waals surface area contributed by atoms with Crippen molar-refractivity contribution >= 4 is 5.97 Å². The van der Waals surface area contributed by atoms with Crippen molar-refractivity contribution in [3.8, 4) is 5.75 Å². The van der Waals surface area contributed by atoms with Crippen LogP contribution in [0.1, 0.15) is 30.6 Å². The third-order valence-electron chi connectivity index (χ3n) is 3.09. The van der Waals surface area contributed by atoms with Gasteiger partial charge in [0.05, 0.1) is 18.8 Å². The Morgan fingerprint density at radius 3 is 2.88 bits per heavy atom. The largest absolute Gasteiger partial charge is 0.494 e. The Morgan fingerprint density at radius 2 is 2.24 bits per heavy atom. The monoisotopic (exact) mass is 234 g/mol. The molecule has 0 heterocycles. The predicted molar refractivity (Wildman–Crippen MR) is 65.2 cm³/mol. The van der Waals surface area contributed by atoms with Gasteiger partial charge in [0.2, 0.25) is 0 Å². The molecule has 1 aromatic rings. The van der Waals surface area contributed by atoms with Crippen LogP contribution < -0.4 is 4.74 Å². The van der Waals surface area contributed by atoms with Crippen molar-refractivity contribution in [1.82, 2.24) is 0 Å². The van der Waals surface area contributed by atoms with Crippen LogP contribution in [-0.4, -0.2) is 19.2 Å². The average molecular weight is 234 g/mol. The van der Waals surface area contributed by atoms with Gasteiger partial charge in [-0.25, -0.2) is 4.79 Å². The SMILES string of the molecule is CCOc1cccc(C(=O)OCC2CC2C)c1. The summed E-state index contributed by atoms with van der Waals surface area (Å²) in [6.07, 6.45) is 1.17. The molecule has 2 rings (SSSR count). The zero-order valence-corrected chi connectivity index (χ0v) is 10.3. The van der Waals surface area contributed by atoms with Gasteiger partial charge in [-0.15, -0.1) is 0 Å². The van der Waals surface area contributed by atoms with Gasteiger partial charge in [-0.05, 0) is 43.4 Å². The highest BCUT2D eigenvalue weighted by Gasteiger charge is 2.33. The fourth-order valence-electron chi connectivity index (χ4n) is 1.78. The van der Waals surface area contributed by atoms with Crippen LogP contribution in [0.25, 0.3) is 0 Å². The van der Waals surface area contributed by atoms with Crippen molar-refractivity contribution in [2.45, 2.75) is 20.3 Å². The van der Waals surface area contributed by atoms with Crippen molar-refractivity contribution < 1.29 is 14.3 Å². The van der Waals surface area contributed by atoms with Crippen molar-refractivity contribution in [3.05, 3.63) is 29.8 Å². The molecule has 0 aliphatic heterocycles. The molecular formula is C14H18O3. The van der Waals surface area contributed by atoms with Crippen LogP contribution in [0.4, 0.5) is 0 Å². The van der Waals surface area contributed by atoms with E-state index < -0.39 is 0 Å². The second-order valence-electron chi connectivity index (χ2n) is 4.53. The molecular weight excluding hydrogens is 216 g/mol. The van der Waals surface area contributed by atoms with E-state index >= 15 is 0 Å². The standard InChI is InChI=1S/C14H18O3/c1-3-16-13-6-4-5-11(8-13)14(15)17-9-12-7-10(12)2/h4-6,8,10,12H,3,7,9H2,1-2H3. The molecule has 1 fully saturated rings. The minimum absolute atomic E-state index is 0.259. The first-order chi connectivity index (χ1) is 8.20. The molecule has 3 heteroatoms. The lowest BCUT2D eigenvalue weighted by atomic mass is 10.2. The number of carbonyl (C=O) groups is 1. The second-order valence-corrected chi connectivity index (χ2v) is 4.53. The van der Waals surface area contributed by atoms with E-state index in [-0.39, 0.29) is 5.97 Å². The summed E-state index contributed by atoms with van der Waals surface area (Å²) in [5.74, 6) is 1.72. The average Bonchev–Trinajstić information content (AvgIpc) is 3.03. The van der Waals surface area contributed by atoms with Gasteiger partial charge in [0, 0.05) is 0 Å². The number of esters is 1. The topological polar surface area (TPSA) is 35.5 Å². The van der Waals surface area contributed by atoms with Crippen LogP contribution >= 0.6 is 0 Å². The van der Waals surface area contributed by atoms with Gasteiger partial charge < -0.3 is 9.47 Å². The summed E-state index contributed by atoms with van der Waals surface area (Å²) >= 11 is 0. The smallest absolute Gasteiger partial charge is 0.338 e. The molecule has 3 nitrogen and oxygen atoms in total. The van der Waals surface area contributed by atoms with Gasteiger partial charge in [-0.2, -0.15) is 0 Å². The number of carbonyl (C=O) groups excluding carboxylic acids is 1. The summed E-state index contributed by atoms with van der Waals surface area (Å²) in [6.45, 7) is 5.23. The van der Waals surface area contributed by atoms with Gasteiger partial charge >= 0.3 is 5.97 Å². The Labute approximate surface area is 102 Å². The van der Waals surface area contributed by atoms with E-state index in [0.717, 1.165) is 0 Å². The fourth-order valence-corrected chi connectivity index (χ4v) is 1.78. The highest BCUT2D eigenvalue weighted by atomic mass is 16.5. The van der Waals surface area contributed by atoms with E-state index in [4.69, 9.17) is 9.47 Å². The minimum atomic E-state index is -0.259. The Hall–Kier alpha value is -1.51. The quantitative estimate of drug-likeness (QED) is 0.735. The molecule has 2 atom stereocenters. The van der Waals surface area contributed by atoms with Crippen LogP contribution in [0.2, 0.25) is 0 Å². The lowest BCUT2D eigenvalue weighted by molar-refractivity contribution is 0.0481. The lowest BCUT2D eigenvalue weighted by Crippen LogP contribution is -2.08. The first-order valence-electron chi connectivity index (χ1n) is 6.10. The highest BCUT2D eigenvalue weighted by molar-refractivity contribution is 5.89. The molecule has 1 saturated carbocycles. The molecule has 0 spiro atoms. The molecule has 1 aliphatic rings. The summed E-state index contributed by atoms with van der Waals surface area (Å²) in [7, 11) is 0. The highest BCUT2D eigenvalue weighted by Crippen LogP contribution is 2.37. The molecule has 1 aliphatic carbocycles. The minimum Gasteiger partial charge on any atom is -0.494 e. The Kier molecular flexibility index (Phi) is 3.67. The van der Waals surface area contributed by atoms with E-state index in [0.29, 0.717) is 36.4 Å². The molecule has 92 valence electrons. The number of hydrogen-bond acceptors (Lipinski definition) is 3. The molecule has 1 aromatic carbocycles. The maximum Gasteiger partial charge on any atom is 0.338 e. The Balaban J connectivity index is 1.91. The number of benzene rings is 1. The first kappa shape index (κ1) is 12.0. The zero-order chi connectivity index (χ0) is 12.3. The fraction of sp³-hybridized carbons (Fsp3) is 0.500. The van der Waals surface area contributed by atoms with E-state index in [9.17, 15) is 4.79 Å². The van der Waals surface area contributed by atoms with E-state index in [2.05, 4.69) is 6.92 Å². The van der Waals surface area contributed by atoms with Crippen LogP contribution in [-0.2, 0) is 4.74 Å². The van der Waals surface area contributed by atoms with Gasteiger partial charge in [-0.3, -0.25) is 0 Å². The first-order valence-corrected chi connectivity index (χ1v) is 6.10. The molecule has 0 amide bonds. The van der Waals surface area contributed by atoms with Gasteiger partial charge in [0.15, 0.2) is 0 Å². The molecule has 0 saturated heterocycles. The summed E-state index contributed by atoms with van der Waals surface area (Å²) in [4.78, 5) is 11.8. The molecule has 0 N–H and O–H groups in total. The summed E-state index contributed by atoms with van der Waals surface area (Å²) < 4.78 is 10.6. The van der Waals surface area contributed by atoms with Crippen molar-refractivity contribution in [2.75, 3.05) is 13.2 Å². The van der Waals surface area contributed by atoms with Crippen LogP contribution in [0.3, 0.4) is 0 Å². The maximum absolute atomic E-state index is 11.8. The lowest BCUT2D eigenvalue weighted by Gasteiger charge is -2.06. The van der Waals surface area contributed by atoms with Crippen LogP contribution in [0, 0.1) is 11.8 Å². The molecule has 2 unspecified atom stereocenters. The van der Waals surface area contributed by atoms with Crippen molar-refractivity contribution in [1.29, 1.82) is 0 Å². The number of hydrogen-bond donors (Lipinski definition) is 0. The Bertz CT molecular complexity index is 400. The molecule has 0 bridgehead atoms. The normalized spacial score (nSPS) is 22.0. The Morgan fingerprint density at radius 1 is 1.47 bits per heavy atom. The number of ether oxygens (including phenoxy) is 2. The van der Waals surface area contributed by atoms with E-state index in [1.807, 2.05) is 13.0 Å². The van der Waals surface area contributed by atoms with Crippen molar-refractivity contribution in [2.24, 2.45) is 11.8 Å². The van der Waals surface area contributed by atoms with Gasteiger partial charge in [-0.1, -0.05) is 13.0 Å². The van der Waals surface area contributed by atoms with E-state index in [1.54, 1.807) is 18.2 Å². The summed E-state index contributed by atoms with van der Waals surface area (Å²) in [5.41, 5.74) is 0.559. The van der Waals surface area contributed by atoms with Gasteiger partial charge in [0.1, 0.15) is 5.75 Å². The van der Waals surface area contributed by atoms with Crippen LogP contribution in [0.15, 0.2) is 24.3 Å². The van der Waals surface area contributed by atoms with Crippen LogP contribution in [0.5, 0.6) is 5.75 Å². The second kappa shape index (κ2) is 5.21. The van der Waals surface area contributed by atoms with Crippen molar-refractivity contribution in [3.63, 3.8) is 0 Å². The van der Waals surface area contributed by atoms with Gasteiger partial charge in [0.25, 0.3) is 0 Å². The molecule has 0 radical (unpaired) electrons. The summed E-state index contributed by atoms with van der Waals surface area (Å²) in [5, 5.41) is 0. The third kappa shape index (κ3) is 3.22. The predicted octanol–water partition coefficient (Wildman–Crippen LogP) is 2.90.